The zero-order chi connectivity index (χ0) is 17.6. The molecule has 0 radical (unpaired) electrons. The molecule has 1 heterocycles. The summed E-state index contributed by atoms with van der Waals surface area (Å²) < 4.78 is 0. The summed E-state index contributed by atoms with van der Waals surface area (Å²) in [7, 11) is 0. The van der Waals surface area contributed by atoms with Crippen LogP contribution in [-0.4, -0.2) is 26.8 Å². The number of hydrogen-bond donors (Lipinski definition) is 1. The molecule has 1 N–H and O–H groups in total. The second-order valence-electron chi connectivity index (χ2n) is 7.73. The Balaban J connectivity index is 1.58. The van der Waals surface area contributed by atoms with Gasteiger partial charge in [0.2, 0.25) is 5.91 Å². The van der Waals surface area contributed by atoms with Crippen molar-refractivity contribution in [3.05, 3.63) is 40.4 Å². The summed E-state index contributed by atoms with van der Waals surface area (Å²) in [5.41, 5.74) is 0.536. The zero-order valence-corrected chi connectivity index (χ0v) is 14.9. The Bertz CT molecular complexity index is 845. The molecular formula is C20H25N3O2. The lowest BCUT2D eigenvalue weighted by molar-refractivity contribution is -0.135. The Kier molecular flexibility index (Phi) is 4.10. The van der Waals surface area contributed by atoms with Crippen LogP contribution in [0.3, 0.4) is 0 Å². The summed E-state index contributed by atoms with van der Waals surface area (Å²) in [6.45, 7) is 4.43. The van der Waals surface area contributed by atoms with Gasteiger partial charge in [0, 0.05) is 12.0 Å². The van der Waals surface area contributed by atoms with Crippen LogP contribution in [0.2, 0.25) is 0 Å². The van der Waals surface area contributed by atoms with E-state index >= 15 is 0 Å². The predicted molar refractivity (Wildman–Crippen MR) is 97.0 cm³/mol. The van der Waals surface area contributed by atoms with Crippen molar-refractivity contribution in [3.63, 3.8) is 0 Å². The van der Waals surface area contributed by atoms with Crippen molar-refractivity contribution in [2.24, 2.45) is 17.8 Å². The van der Waals surface area contributed by atoms with E-state index in [0.717, 1.165) is 0 Å². The van der Waals surface area contributed by atoms with E-state index in [9.17, 15) is 9.59 Å². The number of benzene rings is 1. The van der Waals surface area contributed by atoms with E-state index in [4.69, 9.17) is 0 Å². The molecule has 0 unspecified atom stereocenters. The molecule has 2 atom stereocenters. The number of aromatic nitrogens is 2. The molecule has 0 saturated heterocycles. The largest absolute Gasteiger partial charge is 0.333 e. The molecule has 0 spiro atoms. The first-order valence-corrected chi connectivity index (χ1v) is 9.34. The number of amides is 1. The highest BCUT2D eigenvalue weighted by Crippen LogP contribution is 2.56. The van der Waals surface area contributed by atoms with Crippen LogP contribution in [0, 0.1) is 17.8 Å². The number of aromatic amines is 1. The lowest BCUT2D eigenvalue weighted by Gasteiger charge is -2.26. The van der Waals surface area contributed by atoms with Crippen LogP contribution in [0.5, 0.6) is 0 Å². The van der Waals surface area contributed by atoms with Crippen molar-refractivity contribution in [3.8, 4) is 0 Å². The average molecular weight is 339 g/mol. The van der Waals surface area contributed by atoms with Crippen LogP contribution >= 0.6 is 0 Å². The molecule has 5 heteroatoms. The molecule has 132 valence electrons. The molecule has 2 aliphatic rings. The molecule has 1 aromatic heterocycles. The molecule has 25 heavy (non-hydrogen) atoms. The molecule has 2 aromatic rings. The third kappa shape index (κ3) is 2.96. The SMILES string of the molecule is CC(C)N(Cc1nc2ccccc2c(=O)[nH]1)C(=O)C1[C@H]2CCCC[C@H]12. The van der Waals surface area contributed by atoms with E-state index in [1.807, 2.05) is 36.9 Å². The Morgan fingerprint density at radius 2 is 1.92 bits per heavy atom. The maximum Gasteiger partial charge on any atom is 0.258 e. The minimum atomic E-state index is -0.142. The number of nitrogens with one attached hydrogen (secondary N) is 1. The normalized spacial score (nSPS) is 25.0. The van der Waals surface area contributed by atoms with E-state index in [2.05, 4.69) is 9.97 Å². The van der Waals surface area contributed by atoms with Gasteiger partial charge in [0.1, 0.15) is 5.82 Å². The van der Waals surface area contributed by atoms with E-state index in [0.29, 0.717) is 35.1 Å². The fourth-order valence-corrected chi connectivity index (χ4v) is 4.44. The van der Waals surface area contributed by atoms with Gasteiger partial charge in [-0.2, -0.15) is 0 Å². The predicted octanol–water partition coefficient (Wildman–Crippen LogP) is 3.10. The zero-order valence-electron chi connectivity index (χ0n) is 14.9. The molecule has 2 fully saturated rings. The summed E-state index contributed by atoms with van der Waals surface area (Å²) in [6, 6.07) is 7.40. The van der Waals surface area contributed by atoms with Crippen molar-refractivity contribution in [2.45, 2.75) is 52.1 Å². The molecule has 4 rings (SSSR count). The topological polar surface area (TPSA) is 66.1 Å². The quantitative estimate of drug-likeness (QED) is 0.931. The molecule has 5 nitrogen and oxygen atoms in total. The van der Waals surface area contributed by atoms with Crippen molar-refractivity contribution in [1.82, 2.24) is 14.9 Å². The Hall–Kier alpha value is -2.17. The van der Waals surface area contributed by atoms with Gasteiger partial charge in [0.05, 0.1) is 17.4 Å². The molecule has 1 aromatic carbocycles. The van der Waals surface area contributed by atoms with E-state index in [-0.39, 0.29) is 23.4 Å². The summed E-state index contributed by atoms with van der Waals surface area (Å²) >= 11 is 0. The van der Waals surface area contributed by atoms with Crippen molar-refractivity contribution < 1.29 is 4.79 Å². The number of rotatable bonds is 4. The van der Waals surface area contributed by atoms with E-state index in [1.165, 1.54) is 25.7 Å². The van der Waals surface area contributed by atoms with Gasteiger partial charge in [-0.3, -0.25) is 9.59 Å². The monoisotopic (exact) mass is 339 g/mol. The highest BCUT2D eigenvalue weighted by molar-refractivity contribution is 5.83. The fourth-order valence-electron chi connectivity index (χ4n) is 4.44. The number of fused-ring (bicyclic) bond motifs is 2. The van der Waals surface area contributed by atoms with Crippen LogP contribution < -0.4 is 5.56 Å². The van der Waals surface area contributed by atoms with Crippen LogP contribution in [0.15, 0.2) is 29.1 Å². The van der Waals surface area contributed by atoms with Crippen LogP contribution in [0.4, 0.5) is 0 Å². The minimum absolute atomic E-state index is 0.0897. The number of para-hydroxylation sites is 1. The van der Waals surface area contributed by atoms with Gasteiger partial charge >= 0.3 is 0 Å². The number of hydrogen-bond acceptors (Lipinski definition) is 3. The Morgan fingerprint density at radius 1 is 1.24 bits per heavy atom. The smallest absolute Gasteiger partial charge is 0.258 e. The third-order valence-corrected chi connectivity index (χ3v) is 5.83. The Morgan fingerprint density at radius 3 is 2.60 bits per heavy atom. The van der Waals surface area contributed by atoms with Crippen LogP contribution in [0.1, 0.15) is 45.4 Å². The standard InChI is InChI=1S/C20H25N3O2/c1-12(2)23(20(25)18-13-7-3-4-8-14(13)18)11-17-21-16-10-6-5-9-15(16)19(24)22-17/h5-6,9-10,12-14,18H,3-4,7-8,11H2,1-2H3,(H,21,22,24)/t13-,14-/m0/s1. The van der Waals surface area contributed by atoms with E-state index in [1.54, 1.807) is 6.07 Å². The lowest BCUT2D eigenvalue weighted by Crippen LogP contribution is -2.39. The van der Waals surface area contributed by atoms with Gasteiger partial charge in [-0.25, -0.2) is 4.98 Å². The molecule has 0 bridgehead atoms. The molecule has 1 amide bonds. The maximum atomic E-state index is 13.1. The summed E-state index contributed by atoms with van der Waals surface area (Å²) in [5.74, 6) is 2.17. The lowest BCUT2D eigenvalue weighted by atomic mass is 10.0. The Labute approximate surface area is 147 Å². The van der Waals surface area contributed by atoms with Crippen LogP contribution in [0.25, 0.3) is 10.9 Å². The second kappa shape index (κ2) is 6.28. The highest BCUT2D eigenvalue weighted by Gasteiger charge is 2.55. The number of carbonyl (C=O) groups excluding carboxylic acids is 1. The first-order valence-electron chi connectivity index (χ1n) is 9.34. The maximum absolute atomic E-state index is 13.1. The van der Waals surface area contributed by atoms with Gasteiger partial charge in [-0.1, -0.05) is 25.0 Å². The summed E-state index contributed by atoms with van der Waals surface area (Å²) in [5, 5.41) is 0.585. The van der Waals surface area contributed by atoms with Gasteiger partial charge in [-0.15, -0.1) is 0 Å². The van der Waals surface area contributed by atoms with Gasteiger partial charge in [-0.05, 0) is 50.7 Å². The average Bonchev–Trinajstić information content (AvgIpc) is 3.33. The van der Waals surface area contributed by atoms with Gasteiger partial charge in [0.25, 0.3) is 5.56 Å². The molecule has 2 saturated carbocycles. The summed E-state index contributed by atoms with van der Waals surface area (Å²) in [6.07, 6.45) is 4.90. The first kappa shape index (κ1) is 16.3. The molecule has 2 aliphatic carbocycles. The highest BCUT2D eigenvalue weighted by atomic mass is 16.2. The fraction of sp³-hybridized carbons (Fsp3) is 0.550. The van der Waals surface area contributed by atoms with Crippen LogP contribution in [-0.2, 0) is 11.3 Å². The number of nitrogens with zero attached hydrogens (tertiary/aromatic N) is 2. The van der Waals surface area contributed by atoms with Crippen molar-refractivity contribution in [1.29, 1.82) is 0 Å². The van der Waals surface area contributed by atoms with Gasteiger partial charge in [0.15, 0.2) is 0 Å². The van der Waals surface area contributed by atoms with Crippen molar-refractivity contribution in [2.75, 3.05) is 0 Å². The van der Waals surface area contributed by atoms with Crippen molar-refractivity contribution >= 4 is 16.8 Å². The number of H-pyrrole nitrogens is 1. The number of carbonyl (C=O) groups is 1. The minimum Gasteiger partial charge on any atom is -0.333 e. The third-order valence-electron chi connectivity index (χ3n) is 5.83. The van der Waals surface area contributed by atoms with E-state index < -0.39 is 0 Å². The first-order chi connectivity index (χ1) is 12.1. The molecular weight excluding hydrogens is 314 g/mol. The summed E-state index contributed by atoms with van der Waals surface area (Å²) in [4.78, 5) is 34.6. The van der Waals surface area contributed by atoms with Gasteiger partial charge < -0.3 is 9.88 Å². The molecule has 0 aliphatic heterocycles. The second-order valence-corrected chi connectivity index (χ2v) is 7.73.